The van der Waals surface area contributed by atoms with Crippen molar-refractivity contribution in [3.05, 3.63) is 28.2 Å². The molecule has 4 nitrogen and oxygen atoms in total. The maximum atomic E-state index is 11.8. The molecule has 1 aliphatic heterocycles. The molecule has 1 aromatic rings. The van der Waals surface area contributed by atoms with Crippen LogP contribution in [0.5, 0.6) is 0 Å². The zero-order valence-electron chi connectivity index (χ0n) is 10.5. The van der Waals surface area contributed by atoms with E-state index < -0.39 is 0 Å². The average molecular weight is 302 g/mol. The molecular weight excluding hydrogens is 285 g/mol. The topological polar surface area (TPSA) is 58.4 Å². The fourth-order valence-corrected chi connectivity index (χ4v) is 2.47. The number of halogens is 2. The van der Waals surface area contributed by atoms with Gasteiger partial charge >= 0.3 is 0 Å². The number of anilines is 1. The van der Waals surface area contributed by atoms with Gasteiger partial charge < -0.3 is 16.0 Å². The monoisotopic (exact) mass is 301 g/mol. The van der Waals surface area contributed by atoms with Crippen LogP contribution in [-0.4, -0.2) is 36.5 Å². The first-order valence-electron chi connectivity index (χ1n) is 6.27. The van der Waals surface area contributed by atoms with E-state index >= 15 is 0 Å². The van der Waals surface area contributed by atoms with E-state index in [1.807, 2.05) is 0 Å². The summed E-state index contributed by atoms with van der Waals surface area (Å²) < 4.78 is 0. The third kappa shape index (κ3) is 4.35. The number of nitrogens with one attached hydrogen (secondary N) is 1. The van der Waals surface area contributed by atoms with Gasteiger partial charge in [0.2, 0.25) is 5.91 Å². The number of carbonyl (C=O) groups is 1. The SMILES string of the molecule is N[C@H]1CCN(CCC(=O)Nc2cc(Cl)ccc2Cl)C1. The zero-order chi connectivity index (χ0) is 13.8. The molecule has 104 valence electrons. The van der Waals surface area contributed by atoms with Crippen LogP contribution in [0, 0.1) is 0 Å². The van der Waals surface area contributed by atoms with Crippen LogP contribution in [0.1, 0.15) is 12.8 Å². The molecule has 0 aliphatic carbocycles. The van der Waals surface area contributed by atoms with Crippen LogP contribution in [0.3, 0.4) is 0 Å². The summed E-state index contributed by atoms with van der Waals surface area (Å²) in [6.07, 6.45) is 1.43. The van der Waals surface area contributed by atoms with Crippen molar-refractivity contribution in [2.24, 2.45) is 5.73 Å². The number of carbonyl (C=O) groups excluding carboxylic acids is 1. The third-order valence-corrected chi connectivity index (χ3v) is 3.73. The number of nitrogens with two attached hydrogens (primary N) is 1. The highest BCUT2D eigenvalue weighted by atomic mass is 35.5. The quantitative estimate of drug-likeness (QED) is 0.897. The minimum Gasteiger partial charge on any atom is -0.326 e. The lowest BCUT2D eigenvalue weighted by atomic mass is 10.3. The van der Waals surface area contributed by atoms with Crippen molar-refractivity contribution in [3.8, 4) is 0 Å². The fourth-order valence-electron chi connectivity index (χ4n) is 2.13. The van der Waals surface area contributed by atoms with Crippen LogP contribution in [0.25, 0.3) is 0 Å². The Morgan fingerprint density at radius 3 is 2.95 bits per heavy atom. The predicted molar refractivity (Wildman–Crippen MR) is 78.7 cm³/mol. The summed E-state index contributed by atoms with van der Waals surface area (Å²) >= 11 is 11.9. The van der Waals surface area contributed by atoms with Gasteiger partial charge in [0.15, 0.2) is 0 Å². The van der Waals surface area contributed by atoms with Crippen LogP contribution < -0.4 is 11.1 Å². The summed E-state index contributed by atoms with van der Waals surface area (Å²) in [5.41, 5.74) is 6.37. The first kappa shape index (κ1) is 14.6. The lowest BCUT2D eigenvalue weighted by molar-refractivity contribution is -0.116. The number of nitrogens with zero attached hydrogens (tertiary/aromatic N) is 1. The molecule has 2 rings (SSSR count). The summed E-state index contributed by atoms with van der Waals surface area (Å²) in [5, 5.41) is 3.81. The van der Waals surface area contributed by atoms with Gasteiger partial charge in [-0.25, -0.2) is 0 Å². The Morgan fingerprint density at radius 2 is 2.26 bits per heavy atom. The first-order chi connectivity index (χ1) is 9.04. The van der Waals surface area contributed by atoms with Crippen molar-refractivity contribution in [1.82, 2.24) is 4.90 Å². The largest absolute Gasteiger partial charge is 0.326 e. The second-order valence-corrected chi connectivity index (χ2v) is 5.62. The molecule has 1 atom stereocenters. The standard InChI is InChI=1S/C13H17Cl2N3O/c14-9-1-2-11(15)12(7-9)17-13(19)4-6-18-5-3-10(16)8-18/h1-2,7,10H,3-6,8,16H2,(H,17,19)/t10-/m0/s1. The summed E-state index contributed by atoms with van der Waals surface area (Å²) in [5.74, 6) is -0.0651. The molecule has 1 aliphatic rings. The lowest BCUT2D eigenvalue weighted by Gasteiger charge is -2.15. The van der Waals surface area contributed by atoms with Gasteiger partial charge in [-0.2, -0.15) is 0 Å². The predicted octanol–water partition coefficient (Wildman–Crippen LogP) is 2.36. The van der Waals surface area contributed by atoms with Crippen molar-refractivity contribution >= 4 is 34.8 Å². The maximum Gasteiger partial charge on any atom is 0.225 e. The molecule has 3 N–H and O–H groups in total. The van der Waals surface area contributed by atoms with Crippen molar-refractivity contribution < 1.29 is 4.79 Å². The second-order valence-electron chi connectivity index (χ2n) is 4.77. The van der Waals surface area contributed by atoms with Crippen LogP contribution in [0.15, 0.2) is 18.2 Å². The van der Waals surface area contributed by atoms with Gasteiger partial charge in [0.1, 0.15) is 0 Å². The second kappa shape index (κ2) is 6.57. The summed E-state index contributed by atoms with van der Waals surface area (Å²) in [4.78, 5) is 14.0. The molecular formula is C13H17Cl2N3O. The summed E-state index contributed by atoms with van der Waals surface area (Å²) in [6.45, 7) is 2.55. The van der Waals surface area contributed by atoms with E-state index in [9.17, 15) is 4.79 Å². The molecule has 1 saturated heterocycles. The molecule has 0 saturated carbocycles. The van der Waals surface area contributed by atoms with Crippen LogP contribution >= 0.6 is 23.2 Å². The Balaban J connectivity index is 1.82. The summed E-state index contributed by atoms with van der Waals surface area (Å²) in [7, 11) is 0. The number of likely N-dealkylation sites (tertiary alicyclic amines) is 1. The van der Waals surface area contributed by atoms with E-state index in [-0.39, 0.29) is 11.9 Å². The number of hydrogen-bond acceptors (Lipinski definition) is 3. The number of hydrogen-bond donors (Lipinski definition) is 2. The molecule has 1 aromatic carbocycles. The first-order valence-corrected chi connectivity index (χ1v) is 7.03. The van der Waals surface area contributed by atoms with Gasteiger partial charge in [-0.1, -0.05) is 23.2 Å². The number of benzene rings is 1. The average Bonchev–Trinajstić information content (AvgIpc) is 2.77. The Bertz CT molecular complexity index is 467. The molecule has 0 aromatic heterocycles. The minimum absolute atomic E-state index is 0.0651. The van der Waals surface area contributed by atoms with Gasteiger partial charge in [-0.3, -0.25) is 4.79 Å². The van der Waals surface area contributed by atoms with Crippen molar-refractivity contribution in [2.75, 3.05) is 25.0 Å². The maximum absolute atomic E-state index is 11.8. The Kier molecular flexibility index (Phi) is 5.05. The van der Waals surface area contributed by atoms with Crippen LogP contribution in [0.4, 0.5) is 5.69 Å². The third-order valence-electron chi connectivity index (χ3n) is 3.17. The van der Waals surface area contributed by atoms with Crippen molar-refractivity contribution in [1.29, 1.82) is 0 Å². The minimum atomic E-state index is -0.0651. The summed E-state index contributed by atoms with van der Waals surface area (Å²) in [6, 6.07) is 5.24. The lowest BCUT2D eigenvalue weighted by Crippen LogP contribution is -2.29. The molecule has 6 heteroatoms. The fraction of sp³-hybridized carbons (Fsp3) is 0.462. The highest BCUT2D eigenvalue weighted by Crippen LogP contribution is 2.25. The van der Waals surface area contributed by atoms with E-state index in [4.69, 9.17) is 28.9 Å². The van der Waals surface area contributed by atoms with Crippen molar-refractivity contribution in [2.45, 2.75) is 18.9 Å². The number of rotatable bonds is 4. The van der Waals surface area contributed by atoms with Crippen LogP contribution in [0.2, 0.25) is 10.0 Å². The highest BCUT2D eigenvalue weighted by Gasteiger charge is 2.19. The van der Waals surface area contributed by atoms with E-state index in [1.165, 1.54) is 0 Å². The van der Waals surface area contributed by atoms with Crippen LogP contribution in [-0.2, 0) is 4.79 Å². The molecule has 19 heavy (non-hydrogen) atoms. The van der Waals surface area contributed by atoms with Gasteiger partial charge in [-0.15, -0.1) is 0 Å². The normalized spacial score (nSPS) is 19.6. The Labute approximate surface area is 122 Å². The molecule has 1 heterocycles. The molecule has 1 amide bonds. The van der Waals surface area contributed by atoms with E-state index in [2.05, 4.69) is 10.2 Å². The smallest absolute Gasteiger partial charge is 0.225 e. The molecule has 0 spiro atoms. The van der Waals surface area contributed by atoms with E-state index in [1.54, 1.807) is 18.2 Å². The number of amides is 1. The van der Waals surface area contributed by atoms with Crippen molar-refractivity contribution in [3.63, 3.8) is 0 Å². The molecule has 0 bridgehead atoms. The molecule has 0 unspecified atom stereocenters. The van der Waals surface area contributed by atoms with Gasteiger partial charge in [0, 0.05) is 30.6 Å². The Hall–Kier alpha value is -0.810. The van der Waals surface area contributed by atoms with Gasteiger partial charge in [0.25, 0.3) is 0 Å². The Morgan fingerprint density at radius 1 is 1.47 bits per heavy atom. The zero-order valence-corrected chi connectivity index (χ0v) is 12.0. The van der Waals surface area contributed by atoms with Gasteiger partial charge in [-0.05, 0) is 31.2 Å². The molecule has 1 fully saturated rings. The van der Waals surface area contributed by atoms with Gasteiger partial charge in [0.05, 0.1) is 10.7 Å². The molecule has 0 radical (unpaired) electrons. The highest BCUT2D eigenvalue weighted by molar-refractivity contribution is 6.35. The van der Waals surface area contributed by atoms with E-state index in [0.29, 0.717) is 22.2 Å². The van der Waals surface area contributed by atoms with E-state index in [0.717, 1.165) is 26.1 Å².